The van der Waals surface area contributed by atoms with Gasteiger partial charge in [-0.05, 0) is 35.7 Å². The molecule has 0 aliphatic heterocycles. The van der Waals surface area contributed by atoms with Crippen LogP contribution >= 0.6 is 0 Å². The number of amides is 3. The zero-order valence-corrected chi connectivity index (χ0v) is 16.5. The maximum absolute atomic E-state index is 12.7. The van der Waals surface area contributed by atoms with Crippen molar-refractivity contribution in [1.29, 1.82) is 0 Å². The highest BCUT2D eigenvalue weighted by Gasteiger charge is 2.26. The Hall–Kier alpha value is -3.15. The highest BCUT2D eigenvalue weighted by atomic mass is 16.2. The summed E-state index contributed by atoms with van der Waals surface area (Å²) in [5.74, 6) is -0.663. The van der Waals surface area contributed by atoms with Crippen molar-refractivity contribution in [2.24, 2.45) is 5.92 Å². The molecule has 0 spiro atoms. The number of carbonyl (C=O) groups excluding carboxylic acids is 3. The average Bonchev–Trinajstić information content (AvgIpc) is 2.75. The lowest BCUT2D eigenvalue weighted by Gasteiger charge is -2.23. The van der Waals surface area contributed by atoms with Crippen LogP contribution < -0.4 is 16.0 Å². The fraction of sp³-hybridized carbons (Fsp3) is 0.318. The second-order valence-electron chi connectivity index (χ2n) is 6.70. The van der Waals surface area contributed by atoms with Crippen LogP contribution in [-0.2, 0) is 11.3 Å². The zero-order chi connectivity index (χ0) is 20.5. The molecule has 148 valence electrons. The molecule has 28 heavy (non-hydrogen) atoms. The lowest BCUT2D eigenvalue weighted by Crippen LogP contribution is -2.50. The smallest absolute Gasteiger partial charge is 0.251 e. The van der Waals surface area contributed by atoms with Gasteiger partial charge in [-0.3, -0.25) is 14.4 Å². The predicted molar refractivity (Wildman–Crippen MR) is 109 cm³/mol. The van der Waals surface area contributed by atoms with Gasteiger partial charge in [-0.25, -0.2) is 0 Å². The molecule has 6 heteroatoms. The van der Waals surface area contributed by atoms with Crippen LogP contribution in [0.15, 0.2) is 54.6 Å². The van der Waals surface area contributed by atoms with Crippen LogP contribution in [0.1, 0.15) is 46.5 Å². The fourth-order valence-corrected chi connectivity index (χ4v) is 2.73. The molecule has 2 aromatic carbocycles. The molecule has 3 amide bonds. The molecule has 0 saturated carbocycles. The number of benzene rings is 2. The fourth-order valence-electron chi connectivity index (χ4n) is 2.73. The molecule has 2 unspecified atom stereocenters. The molecule has 0 saturated heterocycles. The SMILES string of the molecule is CCC(C)C(NC(=O)c1ccccc1)C(=O)NCc1ccc(C(=O)NC)cc1. The lowest BCUT2D eigenvalue weighted by molar-refractivity contribution is -0.124. The van der Waals surface area contributed by atoms with Gasteiger partial charge in [0.15, 0.2) is 0 Å². The summed E-state index contributed by atoms with van der Waals surface area (Å²) in [5, 5.41) is 8.29. The zero-order valence-electron chi connectivity index (χ0n) is 16.5. The number of hydrogen-bond acceptors (Lipinski definition) is 3. The maximum Gasteiger partial charge on any atom is 0.251 e. The van der Waals surface area contributed by atoms with Crippen LogP contribution in [0.4, 0.5) is 0 Å². The summed E-state index contributed by atoms with van der Waals surface area (Å²) in [6.45, 7) is 4.24. The standard InChI is InChI=1S/C22H27N3O3/c1-4-15(2)19(25-21(27)17-8-6-5-7-9-17)22(28)24-14-16-10-12-18(13-11-16)20(26)23-3/h5-13,15,19H,4,14H2,1-3H3,(H,23,26)(H,24,28)(H,25,27). The summed E-state index contributed by atoms with van der Waals surface area (Å²) >= 11 is 0. The van der Waals surface area contributed by atoms with Crippen LogP contribution in [0, 0.1) is 5.92 Å². The Morgan fingerprint density at radius 3 is 2.07 bits per heavy atom. The van der Waals surface area contributed by atoms with Crippen molar-refractivity contribution in [3.63, 3.8) is 0 Å². The van der Waals surface area contributed by atoms with Gasteiger partial charge in [-0.2, -0.15) is 0 Å². The Morgan fingerprint density at radius 1 is 0.893 bits per heavy atom. The summed E-state index contributed by atoms with van der Waals surface area (Å²) in [7, 11) is 1.58. The normalized spacial score (nSPS) is 12.5. The Morgan fingerprint density at radius 2 is 1.50 bits per heavy atom. The number of nitrogens with one attached hydrogen (secondary N) is 3. The summed E-state index contributed by atoms with van der Waals surface area (Å²) < 4.78 is 0. The van der Waals surface area contributed by atoms with Gasteiger partial charge in [0.1, 0.15) is 6.04 Å². The number of rotatable bonds is 8. The van der Waals surface area contributed by atoms with E-state index < -0.39 is 6.04 Å². The molecule has 2 rings (SSSR count). The molecule has 2 atom stereocenters. The third-order valence-corrected chi connectivity index (χ3v) is 4.73. The monoisotopic (exact) mass is 381 g/mol. The van der Waals surface area contributed by atoms with Crippen molar-refractivity contribution in [2.75, 3.05) is 7.05 Å². The van der Waals surface area contributed by atoms with Crippen LogP contribution in [0.2, 0.25) is 0 Å². The molecule has 0 aromatic heterocycles. The molecule has 0 aliphatic carbocycles. The molecular weight excluding hydrogens is 354 g/mol. The van der Waals surface area contributed by atoms with E-state index in [0.29, 0.717) is 17.7 Å². The third-order valence-electron chi connectivity index (χ3n) is 4.73. The third kappa shape index (κ3) is 5.67. The van der Waals surface area contributed by atoms with Crippen molar-refractivity contribution in [1.82, 2.24) is 16.0 Å². The van der Waals surface area contributed by atoms with Gasteiger partial charge in [0.2, 0.25) is 5.91 Å². The minimum Gasteiger partial charge on any atom is -0.355 e. The lowest BCUT2D eigenvalue weighted by atomic mass is 9.97. The van der Waals surface area contributed by atoms with E-state index in [4.69, 9.17) is 0 Å². The minimum absolute atomic E-state index is 0.0108. The van der Waals surface area contributed by atoms with E-state index >= 15 is 0 Å². The molecular formula is C22H27N3O3. The Labute approximate surface area is 165 Å². The van der Waals surface area contributed by atoms with Crippen molar-refractivity contribution in [2.45, 2.75) is 32.9 Å². The first kappa shape index (κ1) is 21.2. The van der Waals surface area contributed by atoms with Crippen LogP contribution in [0.3, 0.4) is 0 Å². The van der Waals surface area contributed by atoms with Gasteiger partial charge in [-0.1, -0.05) is 50.6 Å². The molecule has 6 nitrogen and oxygen atoms in total. The van der Waals surface area contributed by atoms with Gasteiger partial charge >= 0.3 is 0 Å². The molecule has 3 N–H and O–H groups in total. The van der Waals surface area contributed by atoms with Gasteiger partial charge in [0, 0.05) is 24.7 Å². The Balaban J connectivity index is 2.00. The van der Waals surface area contributed by atoms with E-state index in [1.165, 1.54) is 0 Å². The van der Waals surface area contributed by atoms with E-state index in [0.717, 1.165) is 12.0 Å². The quantitative estimate of drug-likeness (QED) is 0.657. The van der Waals surface area contributed by atoms with E-state index in [9.17, 15) is 14.4 Å². The Bertz CT molecular complexity index is 804. The van der Waals surface area contributed by atoms with E-state index in [2.05, 4.69) is 16.0 Å². The first-order valence-electron chi connectivity index (χ1n) is 9.40. The summed E-state index contributed by atoms with van der Waals surface area (Å²) in [6.07, 6.45) is 0.758. The summed E-state index contributed by atoms with van der Waals surface area (Å²) in [6, 6.07) is 15.2. The summed E-state index contributed by atoms with van der Waals surface area (Å²) in [5.41, 5.74) is 1.96. The van der Waals surface area contributed by atoms with Crippen molar-refractivity contribution in [3.8, 4) is 0 Å². The van der Waals surface area contributed by atoms with E-state index in [-0.39, 0.29) is 23.6 Å². The summed E-state index contributed by atoms with van der Waals surface area (Å²) in [4.78, 5) is 36.8. The molecule has 0 heterocycles. The Kier molecular flexibility index (Phi) is 7.75. The number of carbonyl (C=O) groups is 3. The van der Waals surface area contributed by atoms with E-state index in [1.54, 1.807) is 55.6 Å². The van der Waals surface area contributed by atoms with Crippen molar-refractivity contribution >= 4 is 17.7 Å². The van der Waals surface area contributed by atoms with Crippen molar-refractivity contribution in [3.05, 3.63) is 71.3 Å². The predicted octanol–water partition coefficient (Wildman–Crippen LogP) is 2.51. The molecule has 2 aromatic rings. The second-order valence-corrected chi connectivity index (χ2v) is 6.70. The number of hydrogen-bond donors (Lipinski definition) is 3. The molecule has 0 radical (unpaired) electrons. The van der Waals surface area contributed by atoms with Crippen LogP contribution in [-0.4, -0.2) is 30.8 Å². The highest BCUT2D eigenvalue weighted by molar-refractivity contribution is 5.97. The maximum atomic E-state index is 12.7. The molecule has 0 fully saturated rings. The molecule has 0 bridgehead atoms. The topological polar surface area (TPSA) is 87.3 Å². The largest absolute Gasteiger partial charge is 0.355 e. The van der Waals surface area contributed by atoms with E-state index in [1.807, 2.05) is 19.9 Å². The van der Waals surface area contributed by atoms with Crippen molar-refractivity contribution < 1.29 is 14.4 Å². The van der Waals surface area contributed by atoms with Gasteiger partial charge < -0.3 is 16.0 Å². The van der Waals surface area contributed by atoms with Gasteiger partial charge in [0.05, 0.1) is 0 Å². The first-order chi connectivity index (χ1) is 13.5. The molecule has 0 aliphatic rings. The van der Waals surface area contributed by atoms with Gasteiger partial charge in [0.25, 0.3) is 11.8 Å². The highest BCUT2D eigenvalue weighted by Crippen LogP contribution is 2.11. The van der Waals surface area contributed by atoms with Gasteiger partial charge in [-0.15, -0.1) is 0 Å². The first-order valence-corrected chi connectivity index (χ1v) is 9.40. The second kappa shape index (κ2) is 10.3. The minimum atomic E-state index is -0.622. The van der Waals surface area contributed by atoms with Crippen LogP contribution in [0.25, 0.3) is 0 Å². The average molecular weight is 381 g/mol. The van der Waals surface area contributed by atoms with Crippen LogP contribution in [0.5, 0.6) is 0 Å².